The molecule has 1 saturated heterocycles. The molecule has 0 spiro atoms. The van der Waals surface area contributed by atoms with Crippen molar-refractivity contribution in [1.29, 1.82) is 0 Å². The van der Waals surface area contributed by atoms with Gasteiger partial charge in [0.2, 0.25) is 5.91 Å². The van der Waals surface area contributed by atoms with Crippen LogP contribution in [0.3, 0.4) is 0 Å². The van der Waals surface area contributed by atoms with Gasteiger partial charge in [0.05, 0.1) is 13.2 Å². The number of nitrogens with zero attached hydrogens (tertiary/aromatic N) is 1. The van der Waals surface area contributed by atoms with Gasteiger partial charge in [0.15, 0.2) is 5.43 Å². The maximum Gasteiger partial charge on any atom is 0.260 e. The van der Waals surface area contributed by atoms with E-state index in [9.17, 15) is 14.4 Å². The Balaban J connectivity index is 2.28. The van der Waals surface area contributed by atoms with E-state index in [1.54, 1.807) is 0 Å². The minimum atomic E-state index is -0.703. The van der Waals surface area contributed by atoms with Crippen molar-refractivity contribution in [3.8, 4) is 0 Å². The lowest BCUT2D eigenvalue weighted by Crippen LogP contribution is -2.55. The SMILES string of the molecule is CNC(=O)C1COCCN1C(=O)c1c[nH]ccc1=O. The Bertz CT molecular complexity index is 540. The fourth-order valence-electron chi connectivity index (χ4n) is 1.97. The van der Waals surface area contributed by atoms with E-state index in [1.807, 2.05) is 0 Å². The van der Waals surface area contributed by atoms with Crippen LogP contribution in [0.1, 0.15) is 10.4 Å². The molecule has 1 aromatic heterocycles. The highest BCUT2D eigenvalue weighted by molar-refractivity contribution is 5.97. The van der Waals surface area contributed by atoms with Gasteiger partial charge in [0, 0.05) is 32.1 Å². The van der Waals surface area contributed by atoms with Crippen LogP contribution in [-0.2, 0) is 9.53 Å². The minimum absolute atomic E-state index is 0.0262. The van der Waals surface area contributed by atoms with Crippen LogP contribution < -0.4 is 10.7 Å². The Morgan fingerprint density at radius 2 is 2.32 bits per heavy atom. The number of ether oxygens (including phenoxy) is 1. The Morgan fingerprint density at radius 3 is 3.00 bits per heavy atom. The molecule has 1 atom stereocenters. The number of H-pyrrole nitrogens is 1. The third-order valence-electron chi connectivity index (χ3n) is 2.99. The lowest BCUT2D eigenvalue weighted by atomic mass is 10.1. The van der Waals surface area contributed by atoms with Gasteiger partial charge in [-0.2, -0.15) is 0 Å². The highest BCUT2D eigenvalue weighted by atomic mass is 16.5. The van der Waals surface area contributed by atoms with E-state index in [2.05, 4.69) is 10.3 Å². The number of rotatable bonds is 2. The average Bonchev–Trinajstić information content (AvgIpc) is 2.46. The van der Waals surface area contributed by atoms with Gasteiger partial charge in [-0.25, -0.2) is 0 Å². The summed E-state index contributed by atoms with van der Waals surface area (Å²) in [5.41, 5.74) is -0.343. The molecule has 102 valence electrons. The zero-order valence-corrected chi connectivity index (χ0v) is 10.5. The van der Waals surface area contributed by atoms with Crippen LogP contribution in [0.15, 0.2) is 23.3 Å². The number of likely N-dealkylation sites (N-methyl/N-ethyl adjacent to an activating group) is 1. The van der Waals surface area contributed by atoms with Gasteiger partial charge in [-0.05, 0) is 0 Å². The van der Waals surface area contributed by atoms with Crippen LogP contribution in [0.25, 0.3) is 0 Å². The lowest BCUT2D eigenvalue weighted by Gasteiger charge is -2.34. The molecule has 0 aromatic carbocycles. The summed E-state index contributed by atoms with van der Waals surface area (Å²) in [6, 6.07) is 0.577. The van der Waals surface area contributed by atoms with E-state index in [0.29, 0.717) is 6.61 Å². The van der Waals surface area contributed by atoms with E-state index >= 15 is 0 Å². The monoisotopic (exact) mass is 265 g/mol. The first kappa shape index (κ1) is 13.3. The number of aromatic nitrogens is 1. The van der Waals surface area contributed by atoms with Gasteiger partial charge in [-0.1, -0.05) is 0 Å². The smallest absolute Gasteiger partial charge is 0.260 e. The molecule has 19 heavy (non-hydrogen) atoms. The molecular weight excluding hydrogens is 250 g/mol. The molecule has 1 unspecified atom stereocenters. The first-order valence-electron chi connectivity index (χ1n) is 5.92. The number of aromatic amines is 1. The predicted octanol–water partition coefficient (Wildman–Crippen LogP) is -1.04. The summed E-state index contributed by atoms with van der Waals surface area (Å²) >= 11 is 0. The number of carbonyl (C=O) groups is 2. The third kappa shape index (κ3) is 2.65. The summed E-state index contributed by atoms with van der Waals surface area (Å²) in [6.45, 7) is 0.769. The van der Waals surface area contributed by atoms with Gasteiger partial charge in [0.25, 0.3) is 5.91 Å². The molecular formula is C12H15N3O4. The fourth-order valence-corrected chi connectivity index (χ4v) is 1.97. The summed E-state index contributed by atoms with van der Waals surface area (Å²) in [4.78, 5) is 39.8. The number of pyridine rings is 1. The molecule has 1 aliphatic rings. The highest BCUT2D eigenvalue weighted by Gasteiger charge is 2.33. The van der Waals surface area contributed by atoms with Crippen LogP contribution in [0.2, 0.25) is 0 Å². The van der Waals surface area contributed by atoms with Crippen molar-refractivity contribution < 1.29 is 14.3 Å². The first-order valence-corrected chi connectivity index (χ1v) is 5.92. The molecule has 7 heteroatoms. The van der Waals surface area contributed by atoms with E-state index in [0.717, 1.165) is 0 Å². The summed E-state index contributed by atoms with van der Waals surface area (Å²) in [6.07, 6.45) is 2.80. The van der Waals surface area contributed by atoms with Crippen molar-refractivity contribution in [1.82, 2.24) is 15.2 Å². The summed E-state index contributed by atoms with van der Waals surface area (Å²) in [7, 11) is 1.49. The Labute approximate surface area is 109 Å². The Morgan fingerprint density at radius 1 is 1.53 bits per heavy atom. The van der Waals surface area contributed by atoms with Crippen LogP contribution >= 0.6 is 0 Å². The molecule has 2 N–H and O–H groups in total. The summed E-state index contributed by atoms with van der Waals surface area (Å²) in [5, 5.41) is 2.49. The molecule has 1 fully saturated rings. The molecule has 1 aromatic rings. The molecule has 1 aliphatic heterocycles. The van der Waals surface area contributed by atoms with Crippen molar-refractivity contribution in [2.45, 2.75) is 6.04 Å². The zero-order valence-electron chi connectivity index (χ0n) is 10.5. The molecule has 0 saturated carbocycles. The topological polar surface area (TPSA) is 91.5 Å². The Kier molecular flexibility index (Phi) is 3.96. The van der Waals surface area contributed by atoms with E-state index < -0.39 is 11.9 Å². The Hall–Kier alpha value is -2.15. The highest BCUT2D eigenvalue weighted by Crippen LogP contribution is 2.10. The normalized spacial score (nSPS) is 19.0. The van der Waals surface area contributed by atoms with Gasteiger partial charge < -0.3 is 19.9 Å². The van der Waals surface area contributed by atoms with Gasteiger partial charge in [-0.15, -0.1) is 0 Å². The third-order valence-corrected chi connectivity index (χ3v) is 2.99. The predicted molar refractivity (Wildman–Crippen MR) is 66.8 cm³/mol. The molecule has 2 heterocycles. The van der Waals surface area contributed by atoms with Crippen LogP contribution in [0, 0.1) is 0 Å². The number of hydrogen-bond donors (Lipinski definition) is 2. The van der Waals surface area contributed by atoms with Gasteiger partial charge >= 0.3 is 0 Å². The fraction of sp³-hybridized carbons (Fsp3) is 0.417. The zero-order chi connectivity index (χ0) is 13.8. The van der Waals surface area contributed by atoms with Crippen LogP contribution in [0.4, 0.5) is 0 Å². The quantitative estimate of drug-likeness (QED) is 0.714. The molecule has 2 rings (SSSR count). The lowest BCUT2D eigenvalue weighted by molar-refractivity contribution is -0.130. The van der Waals surface area contributed by atoms with Gasteiger partial charge in [-0.3, -0.25) is 14.4 Å². The maximum absolute atomic E-state index is 12.3. The number of amides is 2. The second-order valence-corrected chi connectivity index (χ2v) is 4.13. The molecule has 7 nitrogen and oxygen atoms in total. The molecule has 0 aliphatic carbocycles. The second-order valence-electron chi connectivity index (χ2n) is 4.13. The largest absolute Gasteiger partial charge is 0.377 e. The second kappa shape index (κ2) is 5.66. The average molecular weight is 265 g/mol. The number of nitrogens with one attached hydrogen (secondary N) is 2. The summed E-state index contributed by atoms with van der Waals surface area (Å²) < 4.78 is 5.21. The number of hydrogen-bond acceptors (Lipinski definition) is 4. The van der Waals surface area contributed by atoms with E-state index in [-0.39, 0.29) is 30.1 Å². The van der Waals surface area contributed by atoms with Crippen molar-refractivity contribution in [3.05, 3.63) is 34.2 Å². The minimum Gasteiger partial charge on any atom is -0.377 e. The van der Waals surface area contributed by atoms with Crippen LogP contribution in [0.5, 0.6) is 0 Å². The number of carbonyl (C=O) groups excluding carboxylic acids is 2. The molecule has 0 radical (unpaired) electrons. The summed E-state index contributed by atoms with van der Waals surface area (Å²) in [5.74, 6) is -0.765. The van der Waals surface area contributed by atoms with Crippen molar-refractivity contribution in [2.24, 2.45) is 0 Å². The van der Waals surface area contributed by atoms with Crippen LogP contribution in [-0.4, -0.2) is 54.5 Å². The van der Waals surface area contributed by atoms with Crippen molar-refractivity contribution in [2.75, 3.05) is 26.8 Å². The number of morpholine rings is 1. The van der Waals surface area contributed by atoms with Gasteiger partial charge in [0.1, 0.15) is 11.6 Å². The van der Waals surface area contributed by atoms with Crippen molar-refractivity contribution in [3.63, 3.8) is 0 Å². The molecule has 0 bridgehead atoms. The van der Waals surface area contributed by atoms with E-state index in [4.69, 9.17) is 4.74 Å². The first-order chi connectivity index (χ1) is 9.15. The molecule has 2 amide bonds. The standard InChI is InChI=1S/C12H15N3O4/c1-13-11(17)9-7-19-5-4-15(9)12(18)8-6-14-3-2-10(8)16/h2-3,6,9H,4-5,7H2,1H3,(H,13,17)(H,14,16). The van der Waals surface area contributed by atoms with E-state index in [1.165, 1.54) is 30.4 Å². The van der Waals surface area contributed by atoms with Crippen molar-refractivity contribution >= 4 is 11.8 Å². The maximum atomic E-state index is 12.3.